The monoisotopic (exact) mass is 284 g/mol. The highest BCUT2D eigenvalue weighted by atomic mass is 35.5. The lowest BCUT2D eigenvalue weighted by molar-refractivity contribution is 0.588. The fourth-order valence-electron chi connectivity index (χ4n) is 2.13. The summed E-state index contributed by atoms with van der Waals surface area (Å²) in [4.78, 5) is 2.46. The molecule has 100 valence electrons. The molecule has 0 aliphatic carbocycles. The number of halogens is 1. The van der Waals surface area contributed by atoms with Crippen molar-refractivity contribution >= 4 is 29.1 Å². The molecule has 0 radical (unpaired) electrons. The number of rotatable bonds is 4. The van der Waals surface area contributed by atoms with Crippen LogP contribution in [0.2, 0.25) is 5.02 Å². The summed E-state index contributed by atoms with van der Waals surface area (Å²) in [6.45, 7) is 7.41. The highest BCUT2D eigenvalue weighted by Crippen LogP contribution is 2.29. The Morgan fingerprint density at radius 3 is 2.72 bits per heavy atom. The van der Waals surface area contributed by atoms with Gasteiger partial charge in [-0.3, -0.25) is 0 Å². The lowest BCUT2D eigenvalue weighted by Crippen LogP contribution is -2.34. The molecule has 1 heterocycles. The topological polar surface area (TPSA) is 15.3 Å². The van der Waals surface area contributed by atoms with E-state index < -0.39 is 0 Å². The lowest BCUT2D eigenvalue weighted by Gasteiger charge is -2.31. The Kier molecular flexibility index (Phi) is 5.22. The second kappa shape index (κ2) is 6.69. The van der Waals surface area contributed by atoms with Crippen LogP contribution in [0.3, 0.4) is 0 Å². The van der Waals surface area contributed by atoms with Crippen LogP contribution in [-0.2, 0) is 6.54 Å². The van der Waals surface area contributed by atoms with Crippen molar-refractivity contribution in [3.8, 4) is 0 Å². The number of nitrogens with one attached hydrogen (secondary N) is 1. The third-order valence-electron chi connectivity index (χ3n) is 3.13. The average Bonchev–Trinajstić information content (AvgIpc) is 2.38. The van der Waals surface area contributed by atoms with Crippen LogP contribution < -0.4 is 10.2 Å². The maximum Gasteiger partial charge on any atom is 0.0471 e. The Hall–Kier alpha value is -0.380. The number of thioether (sulfide) groups is 1. The van der Waals surface area contributed by atoms with Crippen LogP contribution in [0.4, 0.5) is 5.69 Å². The normalized spacial score (nSPS) is 16.3. The summed E-state index contributed by atoms with van der Waals surface area (Å²) in [5.74, 6) is 2.42. The first-order chi connectivity index (χ1) is 8.68. The van der Waals surface area contributed by atoms with E-state index in [1.807, 2.05) is 17.8 Å². The molecule has 4 heteroatoms. The van der Waals surface area contributed by atoms with Crippen molar-refractivity contribution in [3.63, 3.8) is 0 Å². The Morgan fingerprint density at radius 1 is 1.33 bits per heavy atom. The molecule has 0 unspecified atom stereocenters. The zero-order valence-electron chi connectivity index (χ0n) is 11.1. The van der Waals surface area contributed by atoms with E-state index in [2.05, 4.69) is 36.2 Å². The zero-order chi connectivity index (χ0) is 13.0. The summed E-state index contributed by atoms with van der Waals surface area (Å²) in [7, 11) is 0. The van der Waals surface area contributed by atoms with Crippen molar-refractivity contribution in [2.75, 3.05) is 29.5 Å². The molecule has 0 amide bonds. The number of hydrogen-bond acceptors (Lipinski definition) is 3. The molecule has 2 rings (SSSR count). The van der Waals surface area contributed by atoms with E-state index in [0.29, 0.717) is 6.04 Å². The van der Waals surface area contributed by atoms with Crippen LogP contribution >= 0.6 is 23.4 Å². The Morgan fingerprint density at radius 2 is 2.06 bits per heavy atom. The van der Waals surface area contributed by atoms with Crippen molar-refractivity contribution in [2.45, 2.75) is 26.4 Å². The van der Waals surface area contributed by atoms with E-state index in [1.165, 1.54) is 22.8 Å². The molecular weight excluding hydrogens is 264 g/mol. The average molecular weight is 285 g/mol. The number of benzene rings is 1. The highest BCUT2D eigenvalue weighted by molar-refractivity contribution is 7.99. The van der Waals surface area contributed by atoms with Gasteiger partial charge in [-0.15, -0.1) is 0 Å². The summed E-state index contributed by atoms with van der Waals surface area (Å²) in [5.41, 5.74) is 2.54. The summed E-state index contributed by atoms with van der Waals surface area (Å²) in [6.07, 6.45) is 0. The first kappa shape index (κ1) is 14.0. The van der Waals surface area contributed by atoms with Gasteiger partial charge in [-0.1, -0.05) is 31.5 Å². The van der Waals surface area contributed by atoms with Crippen molar-refractivity contribution in [1.29, 1.82) is 0 Å². The maximum atomic E-state index is 6.36. The van der Waals surface area contributed by atoms with E-state index in [-0.39, 0.29) is 0 Å². The van der Waals surface area contributed by atoms with Gasteiger partial charge in [-0.25, -0.2) is 0 Å². The molecule has 1 fully saturated rings. The minimum Gasteiger partial charge on any atom is -0.370 e. The van der Waals surface area contributed by atoms with Crippen LogP contribution in [0.25, 0.3) is 0 Å². The molecule has 1 aromatic rings. The molecule has 1 saturated heterocycles. The van der Waals surface area contributed by atoms with Crippen LogP contribution in [0.1, 0.15) is 19.4 Å². The first-order valence-electron chi connectivity index (χ1n) is 6.52. The standard InChI is InChI=1S/C14H21ClN2S/c1-11(2)16-10-12-13(15)4-3-5-14(12)17-6-8-18-9-7-17/h3-5,11,16H,6-10H2,1-2H3. The molecule has 0 spiro atoms. The van der Waals surface area contributed by atoms with Gasteiger partial charge in [0.1, 0.15) is 0 Å². The van der Waals surface area contributed by atoms with E-state index in [4.69, 9.17) is 11.6 Å². The molecule has 0 atom stereocenters. The number of anilines is 1. The Bertz CT molecular complexity index is 389. The third-order valence-corrected chi connectivity index (χ3v) is 4.43. The van der Waals surface area contributed by atoms with E-state index in [0.717, 1.165) is 24.7 Å². The van der Waals surface area contributed by atoms with Gasteiger partial charge in [0.2, 0.25) is 0 Å². The lowest BCUT2D eigenvalue weighted by atomic mass is 10.1. The second-order valence-electron chi connectivity index (χ2n) is 4.87. The zero-order valence-corrected chi connectivity index (χ0v) is 12.7. The quantitative estimate of drug-likeness (QED) is 0.912. The molecule has 1 aliphatic rings. The van der Waals surface area contributed by atoms with Crippen LogP contribution in [-0.4, -0.2) is 30.6 Å². The smallest absolute Gasteiger partial charge is 0.0471 e. The van der Waals surface area contributed by atoms with Gasteiger partial charge in [-0.2, -0.15) is 11.8 Å². The summed E-state index contributed by atoms with van der Waals surface area (Å²) in [5, 5.41) is 4.34. The van der Waals surface area contributed by atoms with Crippen molar-refractivity contribution in [1.82, 2.24) is 5.32 Å². The van der Waals surface area contributed by atoms with Crippen LogP contribution in [0.5, 0.6) is 0 Å². The largest absolute Gasteiger partial charge is 0.370 e. The SMILES string of the molecule is CC(C)NCc1c(Cl)cccc1N1CCSCC1. The molecule has 0 aromatic heterocycles. The predicted molar refractivity (Wildman–Crippen MR) is 83.0 cm³/mol. The molecule has 1 aromatic carbocycles. The van der Waals surface area contributed by atoms with E-state index in [1.54, 1.807) is 0 Å². The fourth-order valence-corrected chi connectivity index (χ4v) is 3.27. The van der Waals surface area contributed by atoms with Gasteiger partial charge in [0.15, 0.2) is 0 Å². The van der Waals surface area contributed by atoms with Gasteiger partial charge in [0.25, 0.3) is 0 Å². The number of nitrogens with zero attached hydrogens (tertiary/aromatic N) is 1. The summed E-state index contributed by atoms with van der Waals surface area (Å²) in [6, 6.07) is 6.71. The molecule has 0 saturated carbocycles. The van der Waals surface area contributed by atoms with Gasteiger partial charge < -0.3 is 10.2 Å². The summed E-state index contributed by atoms with van der Waals surface area (Å²) < 4.78 is 0. The molecule has 18 heavy (non-hydrogen) atoms. The van der Waals surface area contributed by atoms with Gasteiger partial charge >= 0.3 is 0 Å². The van der Waals surface area contributed by atoms with E-state index in [9.17, 15) is 0 Å². The molecule has 1 N–H and O–H groups in total. The van der Waals surface area contributed by atoms with Gasteiger partial charge in [0, 0.05) is 53.5 Å². The Balaban J connectivity index is 2.19. The second-order valence-corrected chi connectivity index (χ2v) is 6.50. The Labute approximate surface area is 119 Å². The van der Waals surface area contributed by atoms with E-state index >= 15 is 0 Å². The van der Waals surface area contributed by atoms with Crippen molar-refractivity contribution in [3.05, 3.63) is 28.8 Å². The third kappa shape index (κ3) is 3.56. The van der Waals surface area contributed by atoms with Crippen molar-refractivity contribution in [2.24, 2.45) is 0 Å². The van der Waals surface area contributed by atoms with Crippen LogP contribution in [0, 0.1) is 0 Å². The summed E-state index contributed by atoms with van der Waals surface area (Å²) >= 11 is 8.39. The number of hydrogen-bond donors (Lipinski definition) is 1. The molecule has 2 nitrogen and oxygen atoms in total. The fraction of sp³-hybridized carbons (Fsp3) is 0.571. The van der Waals surface area contributed by atoms with Gasteiger partial charge in [-0.05, 0) is 12.1 Å². The maximum absolute atomic E-state index is 6.36. The van der Waals surface area contributed by atoms with Crippen molar-refractivity contribution < 1.29 is 0 Å². The first-order valence-corrected chi connectivity index (χ1v) is 8.05. The molecular formula is C14H21ClN2S. The minimum atomic E-state index is 0.478. The van der Waals surface area contributed by atoms with Gasteiger partial charge in [0.05, 0.1) is 0 Å². The highest BCUT2D eigenvalue weighted by Gasteiger charge is 2.16. The molecule has 0 bridgehead atoms. The molecule has 1 aliphatic heterocycles. The van der Waals surface area contributed by atoms with Crippen LogP contribution in [0.15, 0.2) is 18.2 Å². The predicted octanol–water partition coefficient (Wildman–Crippen LogP) is 3.39. The minimum absolute atomic E-state index is 0.478.